The molecule has 0 aromatic heterocycles. The molecule has 5 nitrogen and oxygen atoms in total. The van der Waals surface area contributed by atoms with Crippen LogP contribution in [0.3, 0.4) is 0 Å². The van der Waals surface area contributed by atoms with Crippen LogP contribution in [-0.4, -0.2) is 68.3 Å². The molecule has 2 atom stereocenters. The molecule has 1 aromatic rings. The number of nitrogens with zero attached hydrogens (tertiary/aromatic N) is 2. The highest BCUT2D eigenvalue weighted by Gasteiger charge is 2.31. The molecule has 1 aromatic carbocycles. The number of benzene rings is 1. The Balaban J connectivity index is 1.97. The van der Waals surface area contributed by atoms with E-state index in [-0.39, 0.29) is 5.91 Å². The Kier molecular flexibility index (Phi) is 6.42. The van der Waals surface area contributed by atoms with Crippen molar-refractivity contribution in [2.24, 2.45) is 0 Å². The van der Waals surface area contributed by atoms with Crippen molar-refractivity contribution in [3.8, 4) is 5.75 Å². The average molecular weight is 320 g/mol. The van der Waals surface area contributed by atoms with E-state index in [1.54, 1.807) is 14.2 Å². The topological polar surface area (TPSA) is 42.0 Å². The van der Waals surface area contributed by atoms with Crippen LogP contribution in [0.1, 0.15) is 30.6 Å². The minimum Gasteiger partial charge on any atom is -0.497 e. The number of hydrogen-bond acceptors (Lipinski definition) is 4. The zero-order valence-corrected chi connectivity index (χ0v) is 14.6. The van der Waals surface area contributed by atoms with Crippen LogP contribution in [-0.2, 0) is 4.74 Å². The molecule has 128 valence electrons. The Hall–Kier alpha value is -1.59. The summed E-state index contributed by atoms with van der Waals surface area (Å²) in [5.41, 5.74) is 0.720. The van der Waals surface area contributed by atoms with Gasteiger partial charge in [-0.15, -0.1) is 0 Å². The molecule has 0 aliphatic carbocycles. The van der Waals surface area contributed by atoms with Gasteiger partial charge in [0, 0.05) is 51.0 Å². The van der Waals surface area contributed by atoms with Gasteiger partial charge in [0.2, 0.25) is 0 Å². The van der Waals surface area contributed by atoms with Crippen LogP contribution in [0.25, 0.3) is 0 Å². The van der Waals surface area contributed by atoms with E-state index >= 15 is 0 Å². The molecule has 0 bridgehead atoms. The van der Waals surface area contributed by atoms with Crippen molar-refractivity contribution in [1.82, 2.24) is 9.80 Å². The maximum Gasteiger partial charge on any atom is 0.253 e. The van der Waals surface area contributed by atoms with E-state index in [2.05, 4.69) is 18.7 Å². The summed E-state index contributed by atoms with van der Waals surface area (Å²) < 4.78 is 10.3. The van der Waals surface area contributed by atoms with Crippen LogP contribution >= 0.6 is 0 Å². The number of carbonyl (C=O) groups is 1. The van der Waals surface area contributed by atoms with Crippen molar-refractivity contribution < 1.29 is 14.3 Å². The lowest BCUT2D eigenvalue weighted by molar-refractivity contribution is 0.0270. The molecule has 0 saturated carbocycles. The van der Waals surface area contributed by atoms with E-state index in [0.717, 1.165) is 44.0 Å². The lowest BCUT2D eigenvalue weighted by atomic mass is 10.1. The third kappa shape index (κ3) is 4.45. The third-order valence-electron chi connectivity index (χ3n) is 4.49. The monoisotopic (exact) mass is 320 g/mol. The zero-order valence-electron chi connectivity index (χ0n) is 14.6. The molecule has 1 aliphatic rings. The van der Waals surface area contributed by atoms with Gasteiger partial charge in [-0.05, 0) is 44.5 Å². The molecule has 2 rings (SSSR count). The van der Waals surface area contributed by atoms with E-state index < -0.39 is 0 Å². The van der Waals surface area contributed by atoms with Crippen molar-refractivity contribution in [2.45, 2.75) is 32.4 Å². The van der Waals surface area contributed by atoms with Gasteiger partial charge in [0.1, 0.15) is 5.75 Å². The Morgan fingerprint density at radius 2 is 1.74 bits per heavy atom. The minimum absolute atomic E-state index is 0.0999. The first-order chi connectivity index (χ1) is 11.1. The molecular weight excluding hydrogens is 292 g/mol. The second kappa shape index (κ2) is 8.31. The second-order valence-electron chi connectivity index (χ2n) is 6.22. The molecule has 0 spiro atoms. The smallest absolute Gasteiger partial charge is 0.253 e. The Morgan fingerprint density at radius 1 is 1.13 bits per heavy atom. The van der Waals surface area contributed by atoms with E-state index in [1.807, 2.05) is 29.2 Å². The summed E-state index contributed by atoms with van der Waals surface area (Å²) in [6.45, 7) is 7.71. The summed E-state index contributed by atoms with van der Waals surface area (Å²) in [6.07, 6.45) is 1.03. The maximum absolute atomic E-state index is 12.7. The summed E-state index contributed by atoms with van der Waals surface area (Å²) in [6, 6.07) is 8.06. The molecule has 1 saturated heterocycles. The molecular formula is C18H28N2O3. The van der Waals surface area contributed by atoms with Gasteiger partial charge in [-0.25, -0.2) is 0 Å². The maximum atomic E-state index is 12.7. The van der Waals surface area contributed by atoms with Crippen LogP contribution < -0.4 is 4.74 Å². The third-order valence-corrected chi connectivity index (χ3v) is 4.49. The molecule has 0 radical (unpaired) electrons. The van der Waals surface area contributed by atoms with Gasteiger partial charge < -0.3 is 14.4 Å². The van der Waals surface area contributed by atoms with Crippen molar-refractivity contribution in [1.29, 1.82) is 0 Å². The molecule has 1 fully saturated rings. The number of ether oxygens (including phenoxy) is 2. The molecule has 2 unspecified atom stereocenters. The highest BCUT2D eigenvalue weighted by molar-refractivity contribution is 5.94. The average Bonchev–Trinajstić information content (AvgIpc) is 2.56. The molecule has 1 amide bonds. The predicted molar refractivity (Wildman–Crippen MR) is 91.0 cm³/mol. The molecule has 5 heteroatoms. The number of piperazine rings is 1. The first-order valence-electron chi connectivity index (χ1n) is 8.24. The van der Waals surface area contributed by atoms with E-state index in [4.69, 9.17) is 9.47 Å². The van der Waals surface area contributed by atoms with Crippen LogP contribution in [0.2, 0.25) is 0 Å². The van der Waals surface area contributed by atoms with E-state index in [0.29, 0.717) is 12.1 Å². The van der Waals surface area contributed by atoms with Crippen LogP contribution in [0, 0.1) is 0 Å². The quantitative estimate of drug-likeness (QED) is 0.754. The van der Waals surface area contributed by atoms with E-state index in [9.17, 15) is 4.79 Å². The number of rotatable bonds is 6. The fraction of sp³-hybridized carbons (Fsp3) is 0.611. The van der Waals surface area contributed by atoms with Gasteiger partial charge >= 0.3 is 0 Å². The van der Waals surface area contributed by atoms with Gasteiger partial charge in [-0.2, -0.15) is 0 Å². The number of methoxy groups -OCH3 is 2. The highest BCUT2D eigenvalue weighted by Crippen LogP contribution is 2.19. The number of hydrogen-bond donors (Lipinski definition) is 0. The number of carbonyl (C=O) groups excluding carboxylic acids is 1. The Bertz CT molecular complexity index is 491. The normalized spacial score (nSPS) is 22.2. The van der Waals surface area contributed by atoms with Gasteiger partial charge in [-0.1, -0.05) is 0 Å². The first-order valence-corrected chi connectivity index (χ1v) is 8.24. The van der Waals surface area contributed by atoms with Gasteiger partial charge in [-0.3, -0.25) is 9.69 Å². The number of amides is 1. The van der Waals surface area contributed by atoms with Crippen LogP contribution in [0.5, 0.6) is 5.75 Å². The molecule has 0 N–H and O–H groups in total. The van der Waals surface area contributed by atoms with E-state index in [1.165, 1.54) is 0 Å². The lowest BCUT2D eigenvalue weighted by Gasteiger charge is -2.44. The molecule has 23 heavy (non-hydrogen) atoms. The predicted octanol–water partition coefficient (Wildman–Crippen LogP) is 2.27. The van der Waals surface area contributed by atoms with Crippen LogP contribution in [0.4, 0.5) is 0 Å². The zero-order chi connectivity index (χ0) is 16.8. The molecule has 1 heterocycles. The van der Waals surface area contributed by atoms with Crippen molar-refractivity contribution in [2.75, 3.05) is 40.5 Å². The van der Waals surface area contributed by atoms with Crippen molar-refractivity contribution in [3.63, 3.8) is 0 Å². The second-order valence-corrected chi connectivity index (χ2v) is 6.22. The van der Waals surface area contributed by atoms with Crippen molar-refractivity contribution >= 4 is 5.91 Å². The standard InChI is InChI=1S/C18H28N2O3/c1-14-12-19(13-15(2)20(14)10-5-11-22-3)18(21)16-6-8-17(23-4)9-7-16/h6-9,14-15H,5,10-13H2,1-4H3. The van der Waals surface area contributed by atoms with Gasteiger partial charge in [0.15, 0.2) is 0 Å². The fourth-order valence-electron chi connectivity index (χ4n) is 3.27. The Morgan fingerprint density at radius 3 is 2.26 bits per heavy atom. The minimum atomic E-state index is 0.0999. The summed E-state index contributed by atoms with van der Waals surface area (Å²) in [5.74, 6) is 0.870. The largest absolute Gasteiger partial charge is 0.497 e. The van der Waals surface area contributed by atoms with Crippen LogP contribution in [0.15, 0.2) is 24.3 Å². The fourth-order valence-corrected chi connectivity index (χ4v) is 3.27. The SMILES string of the molecule is COCCCN1C(C)CN(C(=O)c2ccc(OC)cc2)CC1C. The van der Waals surface area contributed by atoms with Gasteiger partial charge in [0.05, 0.1) is 7.11 Å². The lowest BCUT2D eigenvalue weighted by Crippen LogP contribution is -2.58. The summed E-state index contributed by atoms with van der Waals surface area (Å²) in [7, 11) is 3.36. The van der Waals surface area contributed by atoms with Gasteiger partial charge in [0.25, 0.3) is 5.91 Å². The summed E-state index contributed by atoms with van der Waals surface area (Å²) >= 11 is 0. The highest BCUT2D eigenvalue weighted by atomic mass is 16.5. The van der Waals surface area contributed by atoms with Crippen molar-refractivity contribution in [3.05, 3.63) is 29.8 Å². The Labute approximate surface area is 139 Å². The first kappa shape index (κ1) is 17.8. The summed E-state index contributed by atoms with van der Waals surface area (Å²) in [4.78, 5) is 17.1. The summed E-state index contributed by atoms with van der Waals surface area (Å²) in [5, 5.41) is 0. The molecule has 1 aliphatic heterocycles.